The predicted molar refractivity (Wildman–Crippen MR) is 132 cm³/mol. The minimum atomic E-state index is -2.40. The molecule has 270 valence electrons. The van der Waals surface area contributed by atoms with Crippen LogP contribution >= 0.6 is 0 Å². The van der Waals surface area contributed by atoms with Crippen LogP contribution in [0.4, 0.5) is 0 Å². The van der Waals surface area contributed by atoms with Gasteiger partial charge < -0.3 is 122 Å². The van der Waals surface area contributed by atoms with Crippen LogP contribution < -0.4 is 15.3 Å². The van der Waals surface area contributed by atoms with Crippen LogP contribution in [0.5, 0.6) is 0 Å². The average Bonchev–Trinajstić information content (AvgIpc) is 3.02. The predicted octanol–water partition coefficient (Wildman–Crippen LogP) is -16.8. The molecule has 0 spiro atoms. The van der Waals surface area contributed by atoms with Gasteiger partial charge in [-0.3, -0.25) is 0 Å². The zero-order valence-electron chi connectivity index (χ0n) is 23.4. The quantitative estimate of drug-likeness (QED) is 0.0595. The van der Waals surface area contributed by atoms with Gasteiger partial charge in [-0.2, -0.15) is 0 Å². The van der Waals surface area contributed by atoms with Crippen LogP contribution in [0, 0.1) is 0 Å². The first-order valence-electron chi connectivity index (χ1n) is 12.1. The van der Waals surface area contributed by atoms with Crippen molar-refractivity contribution in [2.45, 2.75) is 91.6 Å². The van der Waals surface area contributed by atoms with Gasteiger partial charge in [0.05, 0.1) is 37.7 Å². The number of aliphatic carboxylic acids is 3. The van der Waals surface area contributed by atoms with Crippen molar-refractivity contribution in [3.8, 4) is 0 Å². The Labute approximate surface area is 260 Å². The summed E-state index contributed by atoms with van der Waals surface area (Å²) < 4.78 is 0. The van der Waals surface area contributed by atoms with Gasteiger partial charge in [0.15, 0.2) is 0 Å². The Morgan fingerprint density at radius 1 is 0.348 bits per heavy atom. The molecule has 0 aromatic carbocycles. The van der Waals surface area contributed by atoms with Gasteiger partial charge in [-0.15, -0.1) is 0 Å². The number of carboxylic acid groups (broad SMARTS) is 3. The second-order valence-corrected chi connectivity index (χ2v) is 8.96. The molecular formula is C21H39BO24. The zero-order chi connectivity index (χ0) is 36.5. The Morgan fingerprint density at radius 3 is 0.609 bits per heavy atom. The molecule has 18 N–H and O–H groups in total. The van der Waals surface area contributed by atoms with Gasteiger partial charge in [0.1, 0.15) is 91.6 Å². The van der Waals surface area contributed by atoms with E-state index in [9.17, 15) is 29.7 Å². The maximum atomic E-state index is 10.1. The summed E-state index contributed by atoms with van der Waals surface area (Å²) in [6, 6.07) is 0. The van der Waals surface area contributed by atoms with Gasteiger partial charge in [-0.25, -0.2) is 0 Å². The van der Waals surface area contributed by atoms with E-state index < -0.39 is 129 Å². The van der Waals surface area contributed by atoms with Gasteiger partial charge in [0.25, 0.3) is 0 Å². The summed E-state index contributed by atoms with van der Waals surface area (Å²) >= 11 is 0. The average molecular weight is 686 g/mol. The molecular weight excluding hydrogens is 647 g/mol. The van der Waals surface area contributed by atoms with Gasteiger partial charge in [0.2, 0.25) is 0 Å². The monoisotopic (exact) mass is 686 g/mol. The Balaban J connectivity index is -0.000000285. The van der Waals surface area contributed by atoms with E-state index in [4.69, 9.17) is 91.9 Å². The Kier molecular flexibility index (Phi) is 27.4. The molecule has 0 aromatic rings. The SMILES string of the molecule is O=C([O-])[C@H](O)[C@@H](O)[C@H](O)[C@H](O)C(O)CO.O=C([O-])[C@H](O)[C@@H](O)[C@H](O)[C@H](O)C(O)CO.O=C([O-])[C@H](O)[C@@H](O)[C@H](O)[C@H](O)C(O)CO.[B+3]. The fraction of sp³-hybridized carbons (Fsp3) is 0.857. The smallest absolute Gasteiger partial charge is 0.547 e. The standard InChI is InChI=1S/3C7H14O8.B/c3*8-1-2(9)3(10)4(11)5(12)6(13)7(14)15;/h3*2-6,8-13H,1H2,(H,14,15);/q;;;+3/p-3/t3*2?,3-,4-,5+,6-;/m111./s1. The molecule has 0 aliphatic heterocycles. The third-order valence-corrected chi connectivity index (χ3v) is 5.54. The number of hydrogen-bond donors (Lipinski definition) is 18. The molecule has 25 heteroatoms. The Hall–Kier alpha value is -2.25. The molecule has 0 saturated carbocycles. The molecule has 0 amide bonds. The minimum Gasteiger partial charge on any atom is -0.547 e. The van der Waals surface area contributed by atoms with Crippen molar-refractivity contribution < 1.29 is 122 Å². The fourth-order valence-electron chi connectivity index (χ4n) is 2.59. The van der Waals surface area contributed by atoms with Crippen LogP contribution in [-0.4, -0.2) is 230 Å². The summed E-state index contributed by atoms with van der Waals surface area (Å²) in [5.41, 5.74) is 0. The topological polar surface area (TPSA) is 485 Å². The molecule has 15 atom stereocenters. The summed E-state index contributed by atoms with van der Waals surface area (Å²) in [7, 11) is 0. The van der Waals surface area contributed by atoms with E-state index in [1.165, 1.54) is 0 Å². The summed E-state index contributed by atoms with van der Waals surface area (Å²) in [6.45, 7) is -2.69. The van der Waals surface area contributed by atoms with Crippen LogP contribution in [0.25, 0.3) is 0 Å². The van der Waals surface area contributed by atoms with E-state index in [0.29, 0.717) is 0 Å². The first kappa shape index (κ1) is 50.6. The van der Waals surface area contributed by atoms with Gasteiger partial charge >= 0.3 is 8.41 Å². The van der Waals surface area contributed by atoms with Crippen LogP contribution in [0.15, 0.2) is 0 Å². The van der Waals surface area contributed by atoms with Crippen molar-refractivity contribution in [3.63, 3.8) is 0 Å². The van der Waals surface area contributed by atoms with E-state index in [-0.39, 0.29) is 8.41 Å². The Morgan fingerprint density at radius 2 is 0.500 bits per heavy atom. The molecule has 0 bridgehead atoms. The van der Waals surface area contributed by atoms with E-state index in [1.54, 1.807) is 0 Å². The van der Waals surface area contributed by atoms with Gasteiger partial charge in [0, 0.05) is 0 Å². The number of aliphatic hydroxyl groups is 18. The molecule has 0 saturated heterocycles. The first-order valence-corrected chi connectivity index (χ1v) is 12.1. The van der Waals surface area contributed by atoms with Crippen molar-refractivity contribution in [3.05, 3.63) is 0 Å². The van der Waals surface area contributed by atoms with Crippen molar-refractivity contribution in [2.75, 3.05) is 19.8 Å². The summed E-state index contributed by atoms with van der Waals surface area (Å²) in [6.07, 6.45) is -31.5. The van der Waals surface area contributed by atoms with Crippen LogP contribution in [-0.2, 0) is 14.4 Å². The molecule has 0 aliphatic carbocycles. The second kappa shape index (κ2) is 24.9. The number of carbonyl (C=O) groups is 3. The number of hydrogen-bond acceptors (Lipinski definition) is 24. The number of aliphatic hydroxyl groups excluding tert-OH is 18. The number of carbonyl (C=O) groups excluding carboxylic acids is 3. The van der Waals surface area contributed by atoms with Crippen LogP contribution in [0.3, 0.4) is 0 Å². The van der Waals surface area contributed by atoms with E-state index >= 15 is 0 Å². The summed E-state index contributed by atoms with van der Waals surface area (Å²) in [4.78, 5) is 30.2. The molecule has 0 heterocycles. The number of carboxylic acids is 3. The maximum absolute atomic E-state index is 10.1. The first-order chi connectivity index (χ1) is 20.5. The van der Waals surface area contributed by atoms with E-state index in [0.717, 1.165) is 0 Å². The normalized spacial score (nSPS) is 21.0. The molecule has 24 nitrogen and oxygen atoms in total. The van der Waals surface area contributed by atoms with Crippen LogP contribution in [0.2, 0.25) is 0 Å². The molecule has 0 fully saturated rings. The van der Waals surface area contributed by atoms with E-state index in [2.05, 4.69) is 0 Å². The molecule has 0 rings (SSSR count). The zero-order valence-corrected chi connectivity index (χ0v) is 23.4. The number of rotatable bonds is 18. The second-order valence-electron chi connectivity index (χ2n) is 8.96. The molecule has 0 aromatic heterocycles. The molecule has 0 radical (unpaired) electrons. The molecule has 46 heavy (non-hydrogen) atoms. The van der Waals surface area contributed by atoms with Crippen LogP contribution in [0.1, 0.15) is 0 Å². The minimum absolute atomic E-state index is 0. The summed E-state index contributed by atoms with van der Waals surface area (Å²) in [5.74, 6) is -6.10. The van der Waals surface area contributed by atoms with Crippen molar-refractivity contribution >= 4 is 26.3 Å². The van der Waals surface area contributed by atoms with Crippen molar-refractivity contribution in [1.82, 2.24) is 0 Å². The van der Waals surface area contributed by atoms with Gasteiger partial charge in [-0.1, -0.05) is 0 Å². The van der Waals surface area contributed by atoms with Gasteiger partial charge in [-0.05, 0) is 0 Å². The fourth-order valence-corrected chi connectivity index (χ4v) is 2.59. The third kappa shape index (κ3) is 17.1. The molecule has 0 aliphatic rings. The maximum Gasteiger partial charge on any atom is 3.00 e. The van der Waals surface area contributed by atoms with Crippen molar-refractivity contribution in [1.29, 1.82) is 0 Å². The largest absolute Gasteiger partial charge is 3.00 e. The third-order valence-electron chi connectivity index (χ3n) is 5.54. The van der Waals surface area contributed by atoms with E-state index in [1.807, 2.05) is 0 Å². The molecule has 3 unspecified atom stereocenters. The Bertz CT molecular complexity index is 733. The van der Waals surface area contributed by atoms with Crippen molar-refractivity contribution in [2.24, 2.45) is 0 Å². The summed E-state index contributed by atoms with van der Waals surface area (Å²) in [5, 5.41) is 190.